The summed E-state index contributed by atoms with van der Waals surface area (Å²) in [6.45, 7) is 2.14. The van der Waals surface area contributed by atoms with Gasteiger partial charge in [0.2, 0.25) is 5.91 Å². The van der Waals surface area contributed by atoms with Crippen molar-refractivity contribution in [3.05, 3.63) is 29.6 Å². The quantitative estimate of drug-likeness (QED) is 0.903. The highest BCUT2D eigenvalue weighted by Crippen LogP contribution is 2.28. The number of ether oxygens (including phenoxy) is 1. The van der Waals surface area contributed by atoms with Crippen molar-refractivity contribution in [1.82, 2.24) is 15.2 Å². The Morgan fingerprint density at radius 1 is 1.50 bits per heavy atom. The number of hydrogen-bond donors (Lipinski definition) is 1. The molecule has 0 aliphatic carbocycles. The van der Waals surface area contributed by atoms with Gasteiger partial charge in [0, 0.05) is 37.9 Å². The van der Waals surface area contributed by atoms with Crippen LogP contribution in [0.25, 0.3) is 0 Å². The first-order valence-corrected chi connectivity index (χ1v) is 6.96. The predicted molar refractivity (Wildman–Crippen MR) is 73.2 cm³/mol. The molecule has 2 rings (SSSR count). The van der Waals surface area contributed by atoms with Gasteiger partial charge in [-0.15, -0.1) is 0 Å². The molecule has 1 N–H and O–H groups in total. The Bertz CT molecular complexity index is 505. The Labute approximate surface area is 126 Å². The molecule has 1 aliphatic heterocycles. The van der Waals surface area contributed by atoms with Crippen LogP contribution in [0.4, 0.5) is 13.2 Å². The van der Waals surface area contributed by atoms with Crippen LogP contribution in [0, 0.1) is 0 Å². The van der Waals surface area contributed by atoms with Crippen molar-refractivity contribution in [3.63, 3.8) is 0 Å². The maximum atomic E-state index is 12.4. The molecule has 1 aliphatic rings. The zero-order valence-corrected chi connectivity index (χ0v) is 12.2. The molecule has 1 saturated heterocycles. The van der Waals surface area contributed by atoms with Crippen molar-refractivity contribution in [3.8, 4) is 0 Å². The smallest absolute Gasteiger partial charge is 0.366 e. The highest BCUT2D eigenvalue weighted by molar-refractivity contribution is 5.81. The van der Waals surface area contributed by atoms with Gasteiger partial charge >= 0.3 is 6.18 Å². The molecule has 22 heavy (non-hydrogen) atoms. The van der Waals surface area contributed by atoms with Gasteiger partial charge in [0.25, 0.3) is 0 Å². The molecule has 122 valence electrons. The molecule has 5 nitrogen and oxygen atoms in total. The van der Waals surface area contributed by atoms with Gasteiger partial charge in [-0.1, -0.05) is 0 Å². The summed E-state index contributed by atoms with van der Waals surface area (Å²) in [4.78, 5) is 17.6. The van der Waals surface area contributed by atoms with Gasteiger partial charge in [0.15, 0.2) is 0 Å². The van der Waals surface area contributed by atoms with Gasteiger partial charge in [-0.3, -0.25) is 9.78 Å². The van der Waals surface area contributed by atoms with E-state index in [2.05, 4.69) is 10.3 Å². The van der Waals surface area contributed by atoms with E-state index in [4.69, 9.17) is 4.74 Å². The van der Waals surface area contributed by atoms with Crippen molar-refractivity contribution in [2.45, 2.75) is 18.7 Å². The number of aromatic nitrogens is 1. The number of nitrogens with zero attached hydrogens (tertiary/aromatic N) is 2. The van der Waals surface area contributed by atoms with E-state index in [1.54, 1.807) is 0 Å². The van der Waals surface area contributed by atoms with Crippen molar-refractivity contribution in [1.29, 1.82) is 0 Å². The second-order valence-corrected chi connectivity index (χ2v) is 5.20. The van der Waals surface area contributed by atoms with Crippen molar-refractivity contribution < 1.29 is 22.7 Å². The van der Waals surface area contributed by atoms with E-state index in [0.717, 1.165) is 18.8 Å². The Morgan fingerprint density at radius 3 is 2.86 bits per heavy atom. The molecule has 8 heteroatoms. The summed E-state index contributed by atoms with van der Waals surface area (Å²) in [6, 6.07) is 2.31. The topological polar surface area (TPSA) is 54.5 Å². The molecular formula is C14H18F3N3O2. The molecule has 0 spiro atoms. The Morgan fingerprint density at radius 2 is 2.27 bits per heavy atom. The molecule has 2 heterocycles. The number of carbonyl (C=O) groups excluding carboxylic acids is 1. The van der Waals surface area contributed by atoms with E-state index in [1.165, 1.54) is 6.07 Å². The van der Waals surface area contributed by atoms with E-state index in [9.17, 15) is 18.0 Å². The third-order valence-electron chi connectivity index (χ3n) is 3.39. The van der Waals surface area contributed by atoms with Gasteiger partial charge in [0.1, 0.15) is 6.10 Å². The average molecular weight is 317 g/mol. The van der Waals surface area contributed by atoms with Gasteiger partial charge < -0.3 is 15.0 Å². The molecule has 1 unspecified atom stereocenters. The maximum Gasteiger partial charge on any atom is 0.417 e. The maximum absolute atomic E-state index is 12.4. The zero-order valence-electron chi connectivity index (χ0n) is 12.2. The van der Waals surface area contributed by atoms with Crippen LogP contribution in [0.1, 0.15) is 11.3 Å². The largest absolute Gasteiger partial charge is 0.417 e. The average Bonchev–Trinajstić information content (AvgIpc) is 2.47. The van der Waals surface area contributed by atoms with E-state index < -0.39 is 17.8 Å². The van der Waals surface area contributed by atoms with Crippen molar-refractivity contribution in [2.75, 3.05) is 33.3 Å². The Kier molecular flexibility index (Phi) is 5.36. The summed E-state index contributed by atoms with van der Waals surface area (Å²) in [5.74, 6) is -0.210. The lowest BCUT2D eigenvalue weighted by molar-refractivity contribution is -0.138. The number of amides is 1. The van der Waals surface area contributed by atoms with Gasteiger partial charge in [-0.05, 0) is 19.2 Å². The fourth-order valence-electron chi connectivity index (χ4n) is 2.10. The number of likely N-dealkylation sites (N-methyl/N-ethyl adjacent to an activating group) is 1. The highest BCUT2D eigenvalue weighted by Gasteiger charge is 2.30. The second-order valence-electron chi connectivity index (χ2n) is 5.20. The zero-order chi connectivity index (χ0) is 16.2. The van der Waals surface area contributed by atoms with Crippen LogP contribution >= 0.6 is 0 Å². The second kappa shape index (κ2) is 7.06. The van der Waals surface area contributed by atoms with E-state index in [0.29, 0.717) is 31.8 Å². The summed E-state index contributed by atoms with van der Waals surface area (Å²) in [7, 11) is 1.91. The Hall–Kier alpha value is -1.67. The number of hydrogen-bond acceptors (Lipinski definition) is 4. The lowest BCUT2D eigenvalue weighted by Gasteiger charge is -2.29. The first-order valence-electron chi connectivity index (χ1n) is 6.96. The molecule has 0 radical (unpaired) electrons. The summed E-state index contributed by atoms with van der Waals surface area (Å²) in [5.41, 5.74) is -0.283. The number of nitrogens with one attached hydrogen (secondary N) is 1. The van der Waals surface area contributed by atoms with Gasteiger partial charge in [-0.25, -0.2) is 0 Å². The Balaban J connectivity index is 1.77. The molecule has 1 fully saturated rings. The molecule has 1 atom stereocenters. The van der Waals surface area contributed by atoms with Crippen LogP contribution in [0.3, 0.4) is 0 Å². The number of rotatable bonds is 4. The first-order chi connectivity index (χ1) is 10.4. The van der Waals surface area contributed by atoms with E-state index in [-0.39, 0.29) is 5.91 Å². The molecule has 0 aromatic carbocycles. The number of alkyl halides is 3. The van der Waals surface area contributed by atoms with Gasteiger partial charge in [-0.2, -0.15) is 13.2 Å². The highest BCUT2D eigenvalue weighted by atomic mass is 19.4. The lowest BCUT2D eigenvalue weighted by atomic mass is 10.2. The fraction of sp³-hybridized carbons (Fsp3) is 0.571. The monoisotopic (exact) mass is 317 g/mol. The molecule has 1 aromatic heterocycles. The summed E-state index contributed by atoms with van der Waals surface area (Å²) >= 11 is 0. The number of morpholine rings is 1. The van der Waals surface area contributed by atoms with Crippen LogP contribution in [-0.4, -0.2) is 55.2 Å². The number of halogens is 3. The van der Waals surface area contributed by atoms with E-state index >= 15 is 0 Å². The summed E-state index contributed by atoms with van der Waals surface area (Å²) in [5, 5.41) is 2.71. The van der Waals surface area contributed by atoms with Crippen LogP contribution < -0.4 is 5.32 Å². The summed E-state index contributed by atoms with van der Waals surface area (Å²) < 4.78 is 42.6. The van der Waals surface area contributed by atoms with Crippen LogP contribution in [0.5, 0.6) is 0 Å². The molecule has 1 amide bonds. The number of carbonyl (C=O) groups is 1. The van der Waals surface area contributed by atoms with E-state index in [1.807, 2.05) is 11.9 Å². The minimum absolute atomic E-state index is 0.210. The fourth-order valence-corrected chi connectivity index (χ4v) is 2.10. The summed E-state index contributed by atoms with van der Waals surface area (Å²) in [6.07, 6.45) is -3.72. The number of pyridine rings is 1. The van der Waals surface area contributed by atoms with Crippen LogP contribution in [0.15, 0.2) is 18.3 Å². The lowest BCUT2D eigenvalue weighted by Crippen LogP contribution is -2.48. The molecule has 0 bridgehead atoms. The molecule has 0 saturated carbocycles. The van der Waals surface area contributed by atoms with Gasteiger partial charge in [0.05, 0.1) is 12.2 Å². The molecular weight excluding hydrogens is 299 g/mol. The standard InChI is InChI=1S/C14H18F3N3O2/c1-20-6-7-22-12(9-20)13(21)18-5-4-11-3-2-10(8-19-11)14(15,16)17/h2-3,8,12H,4-7,9H2,1H3,(H,18,21). The minimum Gasteiger partial charge on any atom is -0.366 e. The SMILES string of the molecule is CN1CCOC(C(=O)NCCc2ccc(C(F)(F)F)cn2)C1. The minimum atomic E-state index is -4.38. The predicted octanol–water partition coefficient (Wildman–Crippen LogP) is 1.09. The van der Waals surface area contributed by atoms with Crippen molar-refractivity contribution in [2.24, 2.45) is 0 Å². The normalized spacial score (nSPS) is 19.9. The third-order valence-corrected chi connectivity index (χ3v) is 3.39. The van der Waals surface area contributed by atoms with Crippen LogP contribution in [-0.2, 0) is 22.1 Å². The molecule has 1 aromatic rings. The van der Waals surface area contributed by atoms with Crippen molar-refractivity contribution >= 4 is 5.91 Å². The first kappa shape index (κ1) is 16.7. The van der Waals surface area contributed by atoms with Crippen LogP contribution in [0.2, 0.25) is 0 Å². The third kappa shape index (κ3) is 4.67.